The summed E-state index contributed by atoms with van der Waals surface area (Å²) >= 11 is 1.46. The van der Waals surface area contributed by atoms with Gasteiger partial charge in [0.25, 0.3) is 15.7 Å². The number of sulfonamides is 1. The highest BCUT2D eigenvalue weighted by molar-refractivity contribution is 7.99. The summed E-state index contributed by atoms with van der Waals surface area (Å²) in [5.74, 6) is 0. The maximum absolute atomic E-state index is 13.4. The fourth-order valence-corrected chi connectivity index (χ4v) is 6.14. The molecule has 2 aromatic heterocycles. The van der Waals surface area contributed by atoms with Gasteiger partial charge in [0, 0.05) is 33.7 Å². The molecule has 0 unspecified atom stereocenters. The van der Waals surface area contributed by atoms with Gasteiger partial charge in [-0.1, -0.05) is 66.4 Å². The molecule has 0 saturated carbocycles. The number of nitro groups is 1. The molecule has 0 fully saturated rings. The molecule has 2 heterocycles. The predicted octanol–water partition coefficient (Wildman–Crippen LogP) is 6.53. The largest absolute Gasteiger partial charge is 0.314 e. The molecule has 0 aliphatic heterocycles. The van der Waals surface area contributed by atoms with E-state index in [1.54, 1.807) is 30.3 Å². The maximum Gasteiger partial charge on any atom is 0.282 e. The summed E-state index contributed by atoms with van der Waals surface area (Å²) in [7, 11) is -4.00. The van der Waals surface area contributed by atoms with Crippen LogP contribution in [0.2, 0.25) is 0 Å². The first-order valence-electron chi connectivity index (χ1n) is 11.3. The number of rotatable bonds is 7. The molecular formula is C28H21N3O4S2. The summed E-state index contributed by atoms with van der Waals surface area (Å²) in [4.78, 5) is 12.5. The minimum atomic E-state index is -4.00. The van der Waals surface area contributed by atoms with Crippen molar-refractivity contribution in [3.05, 3.63) is 136 Å². The SMILES string of the molecule is Cc1c(Sc2ccc([N+](=O)[O-])cc2)c2ccccn2c1/C(=N/S(=O)(=O)c1ccccc1)c1ccccc1. The van der Waals surface area contributed by atoms with Gasteiger partial charge < -0.3 is 4.40 Å². The molecule has 0 saturated heterocycles. The van der Waals surface area contributed by atoms with Crippen LogP contribution in [0.25, 0.3) is 5.52 Å². The summed E-state index contributed by atoms with van der Waals surface area (Å²) in [5.41, 5.74) is 3.40. The van der Waals surface area contributed by atoms with Crippen LogP contribution in [0.3, 0.4) is 0 Å². The van der Waals surface area contributed by atoms with E-state index in [2.05, 4.69) is 4.40 Å². The first-order chi connectivity index (χ1) is 17.8. The third-order valence-corrected chi connectivity index (χ3v) is 8.34. The van der Waals surface area contributed by atoms with Crippen LogP contribution in [0, 0.1) is 17.0 Å². The van der Waals surface area contributed by atoms with Crippen molar-refractivity contribution < 1.29 is 13.3 Å². The summed E-state index contributed by atoms with van der Waals surface area (Å²) in [6, 6.07) is 29.5. The molecule has 184 valence electrons. The Morgan fingerprint density at radius 3 is 2.14 bits per heavy atom. The van der Waals surface area contributed by atoms with Crippen molar-refractivity contribution in [1.82, 2.24) is 4.40 Å². The second kappa shape index (κ2) is 10.0. The van der Waals surface area contributed by atoms with Crippen LogP contribution in [0.5, 0.6) is 0 Å². The van der Waals surface area contributed by atoms with Gasteiger partial charge in [-0.2, -0.15) is 12.8 Å². The van der Waals surface area contributed by atoms with Crippen LogP contribution in [0.15, 0.2) is 128 Å². The van der Waals surface area contributed by atoms with E-state index in [9.17, 15) is 18.5 Å². The van der Waals surface area contributed by atoms with Gasteiger partial charge in [-0.15, -0.1) is 0 Å². The smallest absolute Gasteiger partial charge is 0.282 e. The Balaban J connectivity index is 1.71. The average Bonchev–Trinajstić information content (AvgIpc) is 3.19. The van der Waals surface area contributed by atoms with E-state index in [0.29, 0.717) is 17.0 Å². The molecule has 0 bridgehead atoms. The maximum atomic E-state index is 13.4. The van der Waals surface area contributed by atoms with Gasteiger partial charge in [0.05, 0.1) is 21.0 Å². The number of nitro benzene ring substituents is 1. The summed E-state index contributed by atoms with van der Waals surface area (Å²) in [5, 5.41) is 11.1. The number of non-ortho nitro benzene ring substituents is 1. The minimum absolute atomic E-state index is 0.0214. The second-order valence-corrected chi connectivity index (χ2v) is 10.9. The van der Waals surface area contributed by atoms with Crippen molar-refractivity contribution in [1.29, 1.82) is 0 Å². The Morgan fingerprint density at radius 1 is 0.865 bits per heavy atom. The quantitative estimate of drug-likeness (QED) is 0.136. The fraction of sp³-hybridized carbons (Fsp3) is 0.0357. The van der Waals surface area contributed by atoms with Crippen molar-refractivity contribution in [2.24, 2.45) is 4.40 Å². The van der Waals surface area contributed by atoms with Gasteiger partial charge in [-0.05, 0) is 48.9 Å². The molecule has 7 nitrogen and oxygen atoms in total. The molecular weight excluding hydrogens is 506 g/mol. The monoisotopic (exact) mass is 527 g/mol. The Hall–Kier alpha value is -4.21. The van der Waals surface area contributed by atoms with E-state index >= 15 is 0 Å². The van der Waals surface area contributed by atoms with E-state index in [4.69, 9.17) is 0 Å². The number of benzene rings is 3. The molecule has 5 aromatic rings. The first-order valence-corrected chi connectivity index (χ1v) is 13.6. The zero-order chi connectivity index (χ0) is 26.0. The van der Waals surface area contributed by atoms with Crippen LogP contribution < -0.4 is 0 Å². The number of hydrogen-bond donors (Lipinski definition) is 0. The van der Waals surface area contributed by atoms with Crippen LogP contribution >= 0.6 is 11.8 Å². The lowest BCUT2D eigenvalue weighted by Gasteiger charge is -2.10. The number of pyridine rings is 1. The summed E-state index contributed by atoms with van der Waals surface area (Å²) < 4.78 is 33.0. The zero-order valence-corrected chi connectivity index (χ0v) is 21.3. The highest BCUT2D eigenvalue weighted by atomic mass is 32.2. The number of fused-ring (bicyclic) bond motifs is 1. The molecule has 0 N–H and O–H groups in total. The van der Waals surface area contributed by atoms with Crippen LogP contribution in [0.1, 0.15) is 16.8 Å². The van der Waals surface area contributed by atoms with E-state index in [0.717, 1.165) is 20.9 Å². The molecule has 0 amide bonds. The van der Waals surface area contributed by atoms with E-state index < -0.39 is 14.9 Å². The Morgan fingerprint density at radius 2 is 1.49 bits per heavy atom. The molecule has 0 radical (unpaired) electrons. The van der Waals surface area contributed by atoms with Gasteiger partial charge >= 0.3 is 0 Å². The molecule has 3 aromatic carbocycles. The highest BCUT2D eigenvalue weighted by Gasteiger charge is 2.24. The Bertz CT molecular complexity index is 1730. The first kappa shape index (κ1) is 24.5. The average molecular weight is 528 g/mol. The van der Waals surface area contributed by atoms with Crippen LogP contribution in [-0.4, -0.2) is 23.5 Å². The van der Waals surface area contributed by atoms with E-state index in [1.165, 1.54) is 36.0 Å². The molecule has 5 rings (SSSR count). The minimum Gasteiger partial charge on any atom is -0.314 e. The second-order valence-electron chi connectivity index (χ2n) is 8.21. The third-order valence-electron chi connectivity index (χ3n) is 5.82. The van der Waals surface area contributed by atoms with E-state index in [1.807, 2.05) is 66.1 Å². The van der Waals surface area contributed by atoms with Crippen molar-refractivity contribution in [2.45, 2.75) is 21.6 Å². The fourth-order valence-electron chi connectivity index (χ4n) is 4.07. The Labute approximate surface area is 218 Å². The topological polar surface area (TPSA) is 94.0 Å². The lowest BCUT2D eigenvalue weighted by atomic mass is 10.1. The van der Waals surface area contributed by atoms with Crippen LogP contribution in [-0.2, 0) is 10.0 Å². The predicted molar refractivity (Wildman–Crippen MR) is 145 cm³/mol. The van der Waals surface area contributed by atoms with Gasteiger partial charge in [0.2, 0.25) is 0 Å². The van der Waals surface area contributed by atoms with Crippen molar-refractivity contribution >= 4 is 38.7 Å². The number of aromatic nitrogens is 1. The normalized spacial score (nSPS) is 12.1. The van der Waals surface area contributed by atoms with Crippen molar-refractivity contribution in [3.8, 4) is 0 Å². The standard InChI is InChI=1S/C28H21N3O4S2/c1-20-27(26(21-10-4-2-5-11-21)29-37(34,35)24-12-6-3-7-13-24)30-19-9-8-14-25(30)28(20)36-23-17-15-22(16-18-23)31(32)33/h2-19H,1H3/b29-26+. The van der Waals surface area contributed by atoms with Crippen LogP contribution in [0.4, 0.5) is 5.69 Å². The molecule has 0 aliphatic rings. The summed E-state index contributed by atoms with van der Waals surface area (Å²) in [6.07, 6.45) is 1.88. The van der Waals surface area contributed by atoms with Gasteiger partial charge in [0.15, 0.2) is 0 Å². The van der Waals surface area contributed by atoms with E-state index in [-0.39, 0.29) is 10.6 Å². The van der Waals surface area contributed by atoms with Gasteiger partial charge in [-0.3, -0.25) is 10.1 Å². The number of hydrogen-bond acceptors (Lipinski definition) is 5. The van der Waals surface area contributed by atoms with Gasteiger partial charge in [-0.25, -0.2) is 0 Å². The third kappa shape index (κ3) is 4.91. The highest BCUT2D eigenvalue weighted by Crippen LogP contribution is 2.38. The molecule has 9 heteroatoms. The molecule has 0 aliphatic carbocycles. The lowest BCUT2D eigenvalue weighted by molar-refractivity contribution is -0.384. The van der Waals surface area contributed by atoms with Crippen molar-refractivity contribution in [3.63, 3.8) is 0 Å². The molecule has 0 spiro atoms. The summed E-state index contributed by atoms with van der Waals surface area (Å²) in [6.45, 7) is 1.93. The Kier molecular flexibility index (Phi) is 6.64. The number of nitrogens with zero attached hydrogens (tertiary/aromatic N) is 3. The zero-order valence-electron chi connectivity index (χ0n) is 19.7. The van der Waals surface area contributed by atoms with Gasteiger partial charge in [0.1, 0.15) is 5.71 Å². The molecule has 0 atom stereocenters. The van der Waals surface area contributed by atoms with Crippen molar-refractivity contribution in [2.75, 3.05) is 0 Å². The lowest BCUT2D eigenvalue weighted by Crippen LogP contribution is -2.12. The molecule has 37 heavy (non-hydrogen) atoms.